The minimum Gasteiger partial charge on any atom is -0.455 e. The van der Waals surface area contributed by atoms with E-state index in [1.54, 1.807) is 0 Å². The van der Waals surface area contributed by atoms with Crippen LogP contribution in [0.3, 0.4) is 0 Å². The van der Waals surface area contributed by atoms with Gasteiger partial charge in [0.25, 0.3) is 0 Å². The Kier molecular flexibility index (Phi) is 6.93. The SMILES string of the molecule is c1ccc(-c2ccc(-n3c4ccccc4c4cc(-c5ccc6c(c5)c5ccccc5n6-c5ccc(-c6cccc7c6oc6ccccc67)cc5)ccc43)cc2)cc1. The summed E-state index contributed by atoms with van der Waals surface area (Å²) in [5, 5.41) is 7.26. The molecule has 0 saturated carbocycles. The topological polar surface area (TPSA) is 23.0 Å². The zero-order valence-corrected chi connectivity index (χ0v) is 30.9. The van der Waals surface area contributed by atoms with E-state index in [1.807, 2.05) is 12.1 Å². The average molecular weight is 727 g/mol. The van der Waals surface area contributed by atoms with Gasteiger partial charge in [0.15, 0.2) is 0 Å². The van der Waals surface area contributed by atoms with Gasteiger partial charge in [0.05, 0.1) is 22.1 Å². The van der Waals surface area contributed by atoms with Gasteiger partial charge in [-0.25, -0.2) is 0 Å². The zero-order chi connectivity index (χ0) is 37.5. The summed E-state index contributed by atoms with van der Waals surface area (Å²) >= 11 is 0. The van der Waals surface area contributed by atoms with E-state index in [9.17, 15) is 0 Å². The van der Waals surface area contributed by atoms with Gasteiger partial charge in [-0.05, 0) is 94.5 Å². The molecule has 266 valence electrons. The summed E-state index contributed by atoms with van der Waals surface area (Å²) in [6.45, 7) is 0. The molecule has 57 heavy (non-hydrogen) atoms. The molecule has 12 aromatic rings. The molecule has 0 radical (unpaired) electrons. The van der Waals surface area contributed by atoms with Gasteiger partial charge >= 0.3 is 0 Å². The molecule has 0 amide bonds. The highest BCUT2D eigenvalue weighted by Gasteiger charge is 2.17. The third-order valence-corrected chi connectivity index (χ3v) is 11.8. The molecule has 3 heterocycles. The predicted molar refractivity (Wildman–Crippen MR) is 239 cm³/mol. The Hall–Kier alpha value is -7.62. The summed E-state index contributed by atoms with van der Waals surface area (Å²) in [5.41, 5.74) is 16.0. The molecular formula is C54H34N2O. The van der Waals surface area contributed by atoms with Crippen molar-refractivity contribution < 1.29 is 4.42 Å². The molecule has 0 saturated heterocycles. The molecule has 0 aliphatic rings. The van der Waals surface area contributed by atoms with E-state index in [2.05, 4.69) is 203 Å². The Balaban J connectivity index is 0.947. The molecule has 12 rings (SSSR count). The second kappa shape index (κ2) is 12.5. The van der Waals surface area contributed by atoms with Crippen molar-refractivity contribution in [2.24, 2.45) is 0 Å². The summed E-state index contributed by atoms with van der Waals surface area (Å²) < 4.78 is 11.2. The number of fused-ring (bicyclic) bond motifs is 9. The first-order chi connectivity index (χ1) is 28.3. The van der Waals surface area contributed by atoms with Crippen molar-refractivity contribution >= 4 is 65.6 Å². The van der Waals surface area contributed by atoms with E-state index in [4.69, 9.17) is 4.42 Å². The van der Waals surface area contributed by atoms with E-state index in [1.165, 1.54) is 65.9 Å². The van der Waals surface area contributed by atoms with Gasteiger partial charge in [-0.3, -0.25) is 0 Å². The number of aromatic nitrogens is 2. The van der Waals surface area contributed by atoms with Crippen LogP contribution in [0.2, 0.25) is 0 Å². The molecule has 3 heteroatoms. The van der Waals surface area contributed by atoms with Gasteiger partial charge in [0.2, 0.25) is 0 Å². The van der Waals surface area contributed by atoms with Crippen LogP contribution in [-0.2, 0) is 0 Å². The quantitative estimate of drug-likeness (QED) is 0.173. The van der Waals surface area contributed by atoms with Crippen LogP contribution in [-0.4, -0.2) is 9.13 Å². The summed E-state index contributed by atoms with van der Waals surface area (Å²) in [6, 6.07) is 74.4. The van der Waals surface area contributed by atoms with E-state index in [0.29, 0.717) is 0 Å². The van der Waals surface area contributed by atoms with Gasteiger partial charge in [-0.2, -0.15) is 0 Å². The van der Waals surface area contributed by atoms with E-state index in [-0.39, 0.29) is 0 Å². The Morgan fingerprint density at radius 1 is 0.281 bits per heavy atom. The number of furan rings is 1. The number of hydrogen-bond acceptors (Lipinski definition) is 1. The fraction of sp³-hybridized carbons (Fsp3) is 0. The van der Waals surface area contributed by atoms with Gasteiger partial charge < -0.3 is 13.6 Å². The van der Waals surface area contributed by atoms with Crippen LogP contribution >= 0.6 is 0 Å². The van der Waals surface area contributed by atoms with Crippen molar-refractivity contribution in [3.63, 3.8) is 0 Å². The molecule has 0 bridgehead atoms. The number of benzene rings is 9. The van der Waals surface area contributed by atoms with Gasteiger partial charge in [-0.1, -0.05) is 140 Å². The highest BCUT2D eigenvalue weighted by Crippen LogP contribution is 2.40. The van der Waals surface area contributed by atoms with Crippen molar-refractivity contribution in [3.8, 4) is 44.8 Å². The molecule has 0 aliphatic carbocycles. The van der Waals surface area contributed by atoms with Crippen LogP contribution in [0.5, 0.6) is 0 Å². The second-order valence-electron chi connectivity index (χ2n) is 14.9. The normalized spacial score (nSPS) is 11.9. The maximum Gasteiger partial charge on any atom is 0.143 e. The second-order valence-corrected chi connectivity index (χ2v) is 14.9. The third-order valence-electron chi connectivity index (χ3n) is 11.8. The summed E-state index contributed by atoms with van der Waals surface area (Å²) in [4.78, 5) is 0. The van der Waals surface area contributed by atoms with E-state index >= 15 is 0 Å². The molecule has 3 aromatic heterocycles. The minimum absolute atomic E-state index is 0.915. The van der Waals surface area contributed by atoms with Crippen molar-refractivity contribution in [1.29, 1.82) is 0 Å². The van der Waals surface area contributed by atoms with Crippen molar-refractivity contribution in [2.75, 3.05) is 0 Å². The first-order valence-electron chi connectivity index (χ1n) is 19.5. The summed E-state index contributed by atoms with van der Waals surface area (Å²) in [5.74, 6) is 0. The average Bonchev–Trinajstić information content (AvgIpc) is 3.94. The van der Waals surface area contributed by atoms with Gasteiger partial charge in [0, 0.05) is 49.3 Å². The molecule has 9 aromatic carbocycles. The van der Waals surface area contributed by atoms with Crippen LogP contribution < -0.4 is 0 Å². The number of nitrogens with zero attached hydrogens (tertiary/aromatic N) is 2. The minimum atomic E-state index is 0.915. The largest absolute Gasteiger partial charge is 0.455 e. The molecule has 0 aliphatic heterocycles. The summed E-state index contributed by atoms with van der Waals surface area (Å²) in [7, 11) is 0. The van der Waals surface area contributed by atoms with Crippen molar-refractivity contribution in [1.82, 2.24) is 9.13 Å². The molecule has 0 spiro atoms. The van der Waals surface area contributed by atoms with Crippen LogP contribution in [0.4, 0.5) is 0 Å². The molecular weight excluding hydrogens is 693 g/mol. The Morgan fingerprint density at radius 2 is 0.737 bits per heavy atom. The monoisotopic (exact) mass is 726 g/mol. The molecule has 0 fully saturated rings. The van der Waals surface area contributed by atoms with E-state index in [0.717, 1.165) is 44.4 Å². The van der Waals surface area contributed by atoms with Crippen LogP contribution in [0.15, 0.2) is 211 Å². The smallest absolute Gasteiger partial charge is 0.143 e. The maximum atomic E-state index is 6.38. The molecule has 0 N–H and O–H groups in total. The fourth-order valence-electron chi connectivity index (χ4n) is 9.06. The van der Waals surface area contributed by atoms with Gasteiger partial charge in [-0.15, -0.1) is 0 Å². The first kappa shape index (κ1) is 31.7. The molecule has 0 unspecified atom stereocenters. The lowest BCUT2D eigenvalue weighted by atomic mass is 10.0. The number of hydrogen-bond donors (Lipinski definition) is 0. The maximum absolute atomic E-state index is 6.38. The number of rotatable bonds is 5. The lowest BCUT2D eigenvalue weighted by Crippen LogP contribution is -1.94. The lowest BCUT2D eigenvalue weighted by Gasteiger charge is -2.11. The fourth-order valence-corrected chi connectivity index (χ4v) is 9.06. The highest BCUT2D eigenvalue weighted by molar-refractivity contribution is 6.13. The Morgan fingerprint density at radius 3 is 1.35 bits per heavy atom. The lowest BCUT2D eigenvalue weighted by molar-refractivity contribution is 0.670. The van der Waals surface area contributed by atoms with Crippen LogP contribution in [0.25, 0.3) is 110 Å². The Labute approximate surface area is 328 Å². The number of para-hydroxylation sites is 4. The van der Waals surface area contributed by atoms with Crippen molar-refractivity contribution in [3.05, 3.63) is 206 Å². The van der Waals surface area contributed by atoms with Gasteiger partial charge in [0.1, 0.15) is 11.2 Å². The van der Waals surface area contributed by atoms with Crippen LogP contribution in [0, 0.1) is 0 Å². The van der Waals surface area contributed by atoms with E-state index < -0.39 is 0 Å². The predicted octanol–water partition coefficient (Wildman–Crippen LogP) is 14.8. The Bertz CT molecular complexity index is 3490. The summed E-state index contributed by atoms with van der Waals surface area (Å²) in [6.07, 6.45) is 0. The van der Waals surface area contributed by atoms with Crippen molar-refractivity contribution in [2.45, 2.75) is 0 Å². The standard InChI is InChI=1S/C54H34N2O/c1-2-11-35(12-3-1)36-21-27-40(28-22-36)55-49-18-7-4-13-43(49)47-33-38(25-31-51(47)55)39-26-32-52-48(34-39)44-14-5-8-19-50(44)56(52)41-29-23-37(24-30-41)42-16-10-17-46-45-15-6-9-20-53(45)57-54(42)46/h1-34H. The highest BCUT2D eigenvalue weighted by atomic mass is 16.3. The first-order valence-corrected chi connectivity index (χ1v) is 19.5. The zero-order valence-electron chi connectivity index (χ0n) is 30.9. The molecule has 3 nitrogen and oxygen atoms in total. The third kappa shape index (κ3) is 4.92. The van der Waals surface area contributed by atoms with Crippen LogP contribution in [0.1, 0.15) is 0 Å². The molecule has 0 atom stereocenters.